The molecule has 28 heavy (non-hydrogen) atoms. The fourth-order valence-electron chi connectivity index (χ4n) is 3.69. The van der Waals surface area contributed by atoms with Gasteiger partial charge in [-0.1, -0.05) is 81.4 Å². The molecule has 0 saturated carbocycles. The van der Waals surface area contributed by atoms with E-state index in [1.54, 1.807) is 12.4 Å². The van der Waals surface area contributed by atoms with Crippen molar-refractivity contribution in [1.29, 1.82) is 0 Å². The second-order valence-electron chi connectivity index (χ2n) is 7.93. The molecule has 0 saturated heterocycles. The van der Waals surface area contributed by atoms with E-state index in [-0.39, 0.29) is 5.04 Å². The van der Waals surface area contributed by atoms with E-state index in [2.05, 4.69) is 107 Å². The summed E-state index contributed by atoms with van der Waals surface area (Å²) in [5.41, 5.74) is 0. The van der Waals surface area contributed by atoms with E-state index in [0.717, 1.165) is 23.1 Å². The van der Waals surface area contributed by atoms with Crippen LogP contribution in [0.4, 0.5) is 0 Å². The Bertz CT molecular complexity index is 825. The van der Waals surface area contributed by atoms with Crippen molar-refractivity contribution in [3.8, 4) is 0 Å². The highest BCUT2D eigenvalue weighted by Gasteiger charge is 2.49. The lowest BCUT2D eigenvalue weighted by Crippen LogP contribution is -2.66. The molecule has 0 radical (unpaired) electrons. The summed E-state index contributed by atoms with van der Waals surface area (Å²) < 4.78 is 7.79. The quantitative estimate of drug-likeness (QED) is 0.381. The molecule has 146 valence electrons. The third-order valence-electron chi connectivity index (χ3n) is 4.95. The predicted molar refractivity (Wildman–Crippen MR) is 122 cm³/mol. The Morgan fingerprint density at radius 1 is 0.857 bits per heavy atom. The Morgan fingerprint density at radius 2 is 1.36 bits per heavy atom. The van der Waals surface area contributed by atoms with Gasteiger partial charge < -0.3 is 4.43 Å². The number of rotatable bonds is 7. The van der Waals surface area contributed by atoms with Gasteiger partial charge in [0.15, 0.2) is 0 Å². The zero-order chi connectivity index (χ0) is 20.0. The average Bonchev–Trinajstić information content (AvgIpc) is 2.70. The highest BCUT2D eigenvalue weighted by Crippen LogP contribution is 2.36. The monoisotopic (exact) mass is 454 g/mol. The maximum absolute atomic E-state index is 6.89. The van der Waals surface area contributed by atoms with Crippen LogP contribution in [0.3, 0.4) is 0 Å². The first kappa shape index (κ1) is 20.9. The Labute approximate surface area is 177 Å². The third kappa shape index (κ3) is 4.59. The Morgan fingerprint density at radius 3 is 1.82 bits per heavy atom. The van der Waals surface area contributed by atoms with E-state index in [0.29, 0.717) is 6.61 Å². The van der Waals surface area contributed by atoms with Crippen molar-refractivity contribution in [3.05, 3.63) is 83.4 Å². The molecule has 3 nitrogen and oxygen atoms in total. The second-order valence-corrected chi connectivity index (χ2v) is 13.2. The summed E-state index contributed by atoms with van der Waals surface area (Å²) in [7, 11) is -2.44. The summed E-state index contributed by atoms with van der Waals surface area (Å²) in [6.07, 6.45) is 5.30. The number of nitrogens with zero attached hydrogens (tertiary/aromatic N) is 2. The van der Waals surface area contributed by atoms with Crippen LogP contribution >= 0.6 is 15.9 Å². The molecule has 2 aromatic carbocycles. The fourth-order valence-corrected chi connectivity index (χ4v) is 8.50. The van der Waals surface area contributed by atoms with Gasteiger partial charge in [-0.25, -0.2) is 9.97 Å². The lowest BCUT2D eigenvalue weighted by molar-refractivity contribution is 0.291. The molecular weight excluding hydrogens is 428 g/mol. The molecule has 0 bridgehead atoms. The molecule has 0 atom stereocenters. The zero-order valence-electron chi connectivity index (χ0n) is 16.7. The number of halogens is 1. The Hall–Kier alpha value is -1.82. The number of hydrogen-bond donors (Lipinski definition) is 0. The first-order chi connectivity index (χ1) is 13.4. The van der Waals surface area contributed by atoms with Gasteiger partial charge in [-0.05, 0) is 37.8 Å². The molecule has 0 fully saturated rings. The Balaban J connectivity index is 1.87. The molecule has 0 N–H and O–H groups in total. The number of aryl methyl sites for hydroxylation is 1. The van der Waals surface area contributed by atoms with E-state index in [4.69, 9.17) is 4.43 Å². The van der Waals surface area contributed by atoms with Gasteiger partial charge >= 0.3 is 0 Å². The molecule has 0 amide bonds. The summed E-state index contributed by atoms with van der Waals surface area (Å²) in [5, 5.41) is 2.63. The number of hydrogen-bond acceptors (Lipinski definition) is 3. The molecule has 3 aromatic rings. The van der Waals surface area contributed by atoms with Gasteiger partial charge in [0.1, 0.15) is 5.82 Å². The van der Waals surface area contributed by atoms with Crippen LogP contribution in [-0.2, 0) is 10.8 Å². The fraction of sp³-hybridized carbons (Fsp3) is 0.304. The number of aromatic nitrogens is 2. The number of benzene rings is 2. The standard InChI is InChI=1S/C23H27BrN2OSi/c1-23(2,3)28(20-11-6-4-7-12-20,21-13-8-5-9-14-21)27-16-10-15-22-25-17-19(24)18-26-22/h4-9,11-14,17-18H,10,15-16H2,1-3H3. The van der Waals surface area contributed by atoms with Crippen LogP contribution in [-0.4, -0.2) is 24.9 Å². The molecule has 0 aliphatic carbocycles. The molecule has 0 aliphatic heterocycles. The van der Waals surface area contributed by atoms with Crippen molar-refractivity contribution in [2.75, 3.05) is 6.61 Å². The van der Waals surface area contributed by atoms with Crippen molar-refractivity contribution < 1.29 is 4.43 Å². The highest BCUT2D eigenvalue weighted by atomic mass is 79.9. The minimum Gasteiger partial charge on any atom is -0.407 e. The van der Waals surface area contributed by atoms with Gasteiger partial charge in [-0.15, -0.1) is 0 Å². The van der Waals surface area contributed by atoms with Crippen molar-refractivity contribution >= 4 is 34.6 Å². The summed E-state index contributed by atoms with van der Waals surface area (Å²) in [4.78, 5) is 8.75. The first-order valence-corrected chi connectivity index (χ1v) is 12.3. The smallest absolute Gasteiger partial charge is 0.261 e. The normalized spacial score (nSPS) is 12.1. The minimum atomic E-state index is -2.44. The molecule has 1 heterocycles. The van der Waals surface area contributed by atoms with Crippen molar-refractivity contribution in [2.45, 2.75) is 38.7 Å². The zero-order valence-corrected chi connectivity index (χ0v) is 19.3. The van der Waals surface area contributed by atoms with Gasteiger partial charge in [0, 0.05) is 25.4 Å². The average molecular weight is 455 g/mol. The molecular formula is C23H27BrN2OSi. The summed E-state index contributed by atoms with van der Waals surface area (Å²) in [6, 6.07) is 21.5. The molecule has 1 aromatic heterocycles. The molecule has 0 unspecified atom stereocenters. The molecule has 0 spiro atoms. The van der Waals surface area contributed by atoms with Crippen LogP contribution in [0, 0.1) is 0 Å². The lowest BCUT2D eigenvalue weighted by Gasteiger charge is -2.43. The van der Waals surface area contributed by atoms with Crippen LogP contribution in [0.15, 0.2) is 77.5 Å². The lowest BCUT2D eigenvalue weighted by atomic mass is 10.2. The van der Waals surface area contributed by atoms with E-state index >= 15 is 0 Å². The van der Waals surface area contributed by atoms with Crippen molar-refractivity contribution in [3.63, 3.8) is 0 Å². The summed E-state index contributed by atoms with van der Waals surface area (Å²) in [5.74, 6) is 0.856. The highest BCUT2D eigenvalue weighted by molar-refractivity contribution is 9.10. The third-order valence-corrected chi connectivity index (χ3v) is 10.4. The van der Waals surface area contributed by atoms with E-state index in [9.17, 15) is 0 Å². The summed E-state index contributed by atoms with van der Waals surface area (Å²) >= 11 is 3.38. The van der Waals surface area contributed by atoms with Gasteiger partial charge in [0.25, 0.3) is 8.32 Å². The van der Waals surface area contributed by atoms with Gasteiger partial charge in [-0.2, -0.15) is 0 Å². The molecule has 3 rings (SSSR count). The van der Waals surface area contributed by atoms with Gasteiger partial charge in [-0.3, -0.25) is 0 Å². The SMILES string of the molecule is CC(C)(C)[Si](OCCCc1ncc(Br)cn1)(c1ccccc1)c1ccccc1. The maximum atomic E-state index is 6.89. The molecule has 0 aliphatic rings. The van der Waals surface area contributed by atoms with E-state index < -0.39 is 8.32 Å². The van der Waals surface area contributed by atoms with Crippen molar-refractivity contribution in [2.24, 2.45) is 0 Å². The summed E-state index contributed by atoms with van der Waals surface area (Å²) in [6.45, 7) is 7.60. The Kier molecular flexibility index (Phi) is 6.80. The first-order valence-electron chi connectivity index (χ1n) is 9.65. The van der Waals surface area contributed by atoms with E-state index in [1.807, 2.05) is 0 Å². The van der Waals surface area contributed by atoms with Crippen LogP contribution in [0.5, 0.6) is 0 Å². The van der Waals surface area contributed by atoms with Crippen LogP contribution in [0.25, 0.3) is 0 Å². The second kappa shape index (κ2) is 9.12. The van der Waals surface area contributed by atoms with Crippen LogP contribution in [0.1, 0.15) is 33.0 Å². The molecule has 5 heteroatoms. The van der Waals surface area contributed by atoms with E-state index in [1.165, 1.54) is 10.4 Å². The van der Waals surface area contributed by atoms with Gasteiger partial charge in [0.2, 0.25) is 0 Å². The topological polar surface area (TPSA) is 35.0 Å². The van der Waals surface area contributed by atoms with Crippen LogP contribution < -0.4 is 10.4 Å². The largest absolute Gasteiger partial charge is 0.407 e. The van der Waals surface area contributed by atoms with Gasteiger partial charge in [0.05, 0.1) is 4.47 Å². The maximum Gasteiger partial charge on any atom is 0.261 e. The van der Waals surface area contributed by atoms with Crippen LogP contribution in [0.2, 0.25) is 5.04 Å². The van der Waals surface area contributed by atoms with Crippen molar-refractivity contribution in [1.82, 2.24) is 9.97 Å². The minimum absolute atomic E-state index is 0.00379. The predicted octanol–water partition coefficient (Wildman–Crippen LogP) is 4.75.